The second kappa shape index (κ2) is 3.22. The van der Waals surface area contributed by atoms with Crippen LogP contribution in [0.1, 0.15) is 31.2 Å². The largest absolute Gasteiger partial charge is 0.369 e. The number of hydrogen-bond donors (Lipinski definition) is 1. The molecule has 2 saturated carbocycles. The molecule has 0 aliphatic heterocycles. The van der Waals surface area contributed by atoms with Crippen molar-refractivity contribution in [3.8, 4) is 0 Å². The average Bonchev–Trinajstić information content (AvgIpc) is 3.10. The zero-order chi connectivity index (χ0) is 10.3. The molecule has 1 aromatic heterocycles. The number of pyridine rings is 1. The molecule has 15 heavy (non-hydrogen) atoms. The lowest BCUT2D eigenvalue weighted by molar-refractivity contribution is 0.466. The Morgan fingerprint density at radius 2 is 2.27 bits per heavy atom. The minimum atomic E-state index is 0.657. The van der Waals surface area contributed by atoms with Crippen LogP contribution < -0.4 is 5.32 Å². The van der Waals surface area contributed by atoms with Crippen molar-refractivity contribution in [1.82, 2.24) is 4.98 Å². The van der Waals surface area contributed by atoms with Crippen LogP contribution in [0.5, 0.6) is 0 Å². The Balaban J connectivity index is 1.64. The van der Waals surface area contributed by atoms with Crippen molar-refractivity contribution in [2.45, 2.75) is 32.6 Å². The van der Waals surface area contributed by atoms with E-state index in [0.29, 0.717) is 5.41 Å². The third-order valence-electron chi connectivity index (χ3n) is 3.95. The van der Waals surface area contributed by atoms with E-state index < -0.39 is 0 Å². The van der Waals surface area contributed by atoms with Crippen molar-refractivity contribution in [3.63, 3.8) is 0 Å². The lowest BCUT2D eigenvalue weighted by Crippen LogP contribution is -2.18. The summed E-state index contributed by atoms with van der Waals surface area (Å²) in [5.41, 5.74) is 1.91. The summed E-state index contributed by atoms with van der Waals surface area (Å²) in [6, 6.07) is 4.11. The normalized spacial score (nSPS) is 22.5. The van der Waals surface area contributed by atoms with Crippen molar-refractivity contribution in [2.75, 3.05) is 11.9 Å². The summed E-state index contributed by atoms with van der Waals surface area (Å²) in [5, 5.41) is 3.53. The maximum absolute atomic E-state index is 4.38. The first-order valence-electron chi connectivity index (χ1n) is 5.96. The number of hydrogen-bond acceptors (Lipinski definition) is 2. The summed E-state index contributed by atoms with van der Waals surface area (Å²) in [6.07, 6.45) is 7.64. The molecule has 2 aliphatic carbocycles. The number of aryl methyl sites for hydroxylation is 1. The van der Waals surface area contributed by atoms with E-state index >= 15 is 0 Å². The molecule has 80 valence electrons. The fraction of sp³-hybridized carbons (Fsp3) is 0.615. The molecular formula is C13H18N2. The van der Waals surface area contributed by atoms with Crippen LogP contribution in [0, 0.1) is 18.3 Å². The zero-order valence-corrected chi connectivity index (χ0v) is 9.29. The second-order valence-electron chi connectivity index (χ2n) is 5.16. The molecule has 0 amide bonds. The Bertz CT molecular complexity index is 365. The van der Waals surface area contributed by atoms with Crippen LogP contribution in [0.3, 0.4) is 0 Å². The second-order valence-corrected chi connectivity index (χ2v) is 5.16. The Labute approximate surface area is 91.1 Å². The van der Waals surface area contributed by atoms with Crippen molar-refractivity contribution in [2.24, 2.45) is 11.3 Å². The Morgan fingerprint density at radius 1 is 1.47 bits per heavy atom. The highest BCUT2D eigenvalue weighted by Gasteiger charge is 2.53. The highest BCUT2D eigenvalue weighted by atomic mass is 15.0. The first kappa shape index (κ1) is 9.20. The van der Waals surface area contributed by atoms with Crippen LogP contribution in [-0.2, 0) is 0 Å². The van der Waals surface area contributed by atoms with Gasteiger partial charge in [-0.1, -0.05) is 6.07 Å². The first-order valence-corrected chi connectivity index (χ1v) is 5.96. The van der Waals surface area contributed by atoms with Crippen LogP contribution in [0.4, 0.5) is 5.82 Å². The van der Waals surface area contributed by atoms with Gasteiger partial charge in [-0.25, -0.2) is 4.98 Å². The van der Waals surface area contributed by atoms with E-state index in [1.54, 1.807) is 0 Å². The number of nitrogens with one attached hydrogen (secondary N) is 1. The molecule has 1 N–H and O–H groups in total. The van der Waals surface area contributed by atoms with Crippen LogP contribution in [-0.4, -0.2) is 11.5 Å². The standard InChI is InChI=1S/C13H18N2/c1-10-3-2-8-14-12(10)15-9-13(6-7-13)11-4-5-11/h2-3,8,11H,4-7,9H2,1H3,(H,14,15). The Morgan fingerprint density at radius 3 is 2.87 bits per heavy atom. The van der Waals surface area contributed by atoms with Crippen LogP contribution in [0.25, 0.3) is 0 Å². The Hall–Kier alpha value is -1.05. The third kappa shape index (κ3) is 1.73. The summed E-state index contributed by atoms with van der Waals surface area (Å²) < 4.78 is 0. The van der Waals surface area contributed by atoms with Crippen molar-refractivity contribution >= 4 is 5.82 Å². The fourth-order valence-corrected chi connectivity index (χ4v) is 2.52. The molecule has 0 saturated heterocycles. The smallest absolute Gasteiger partial charge is 0.128 e. The lowest BCUT2D eigenvalue weighted by Gasteiger charge is -2.16. The molecule has 2 heteroatoms. The highest BCUT2D eigenvalue weighted by molar-refractivity contribution is 5.43. The van der Waals surface area contributed by atoms with Gasteiger partial charge in [0.15, 0.2) is 0 Å². The number of rotatable bonds is 4. The monoisotopic (exact) mass is 202 g/mol. The van der Waals surface area contributed by atoms with Gasteiger partial charge in [-0.2, -0.15) is 0 Å². The summed E-state index contributed by atoms with van der Waals surface area (Å²) in [5.74, 6) is 2.10. The molecule has 0 radical (unpaired) electrons. The van der Waals surface area contributed by atoms with Gasteiger partial charge >= 0.3 is 0 Å². The number of nitrogens with zero attached hydrogens (tertiary/aromatic N) is 1. The van der Waals surface area contributed by atoms with Crippen molar-refractivity contribution in [3.05, 3.63) is 23.9 Å². The summed E-state index contributed by atoms with van der Waals surface area (Å²) in [7, 11) is 0. The first-order chi connectivity index (χ1) is 7.30. The maximum atomic E-state index is 4.38. The third-order valence-corrected chi connectivity index (χ3v) is 3.95. The molecular weight excluding hydrogens is 184 g/mol. The quantitative estimate of drug-likeness (QED) is 0.812. The summed E-state index contributed by atoms with van der Waals surface area (Å²) in [4.78, 5) is 4.38. The molecule has 1 heterocycles. The molecule has 2 nitrogen and oxygen atoms in total. The topological polar surface area (TPSA) is 24.9 Å². The molecule has 0 aromatic carbocycles. The SMILES string of the molecule is Cc1cccnc1NCC1(C2CC2)CC1. The zero-order valence-electron chi connectivity index (χ0n) is 9.29. The van der Waals surface area contributed by atoms with Gasteiger partial charge in [0.2, 0.25) is 0 Å². The van der Waals surface area contributed by atoms with E-state index in [-0.39, 0.29) is 0 Å². The van der Waals surface area contributed by atoms with Crippen LogP contribution in [0.2, 0.25) is 0 Å². The predicted molar refractivity (Wildman–Crippen MR) is 61.9 cm³/mol. The molecule has 0 atom stereocenters. The van der Waals surface area contributed by atoms with Gasteiger partial charge in [-0.3, -0.25) is 0 Å². The lowest BCUT2D eigenvalue weighted by atomic mass is 10.0. The van der Waals surface area contributed by atoms with E-state index in [4.69, 9.17) is 0 Å². The van der Waals surface area contributed by atoms with Crippen molar-refractivity contribution in [1.29, 1.82) is 0 Å². The number of anilines is 1. The predicted octanol–water partition coefficient (Wildman–Crippen LogP) is 2.99. The minimum absolute atomic E-state index is 0.657. The fourth-order valence-electron chi connectivity index (χ4n) is 2.52. The van der Waals surface area contributed by atoms with Crippen molar-refractivity contribution < 1.29 is 0 Å². The van der Waals surface area contributed by atoms with E-state index in [2.05, 4.69) is 23.3 Å². The van der Waals surface area contributed by atoms with Crippen LogP contribution >= 0.6 is 0 Å². The van der Waals surface area contributed by atoms with E-state index in [9.17, 15) is 0 Å². The van der Waals surface area contributed by atoms with Gasteiger partial charge in [0.25, 0.3) is 0 Å². The number of aromatic nitrogens is 1. The highest BCUT2D eigenvalue weighted by Crippen LogP contribution is 2.61. The van der Waals surface area contributed by atoms with Gasteiger partial charge in [0.1, 0.15) is 5.82 Å². The summed E-state index contributed by atoms with van der Waals surface area (Å²) in [6.45, 7) is 3.25. The maximum Gasteiger partial charge on any atom is 0.128 e. The molecule has 2 fully saturated rings. The van der Waals surface area contributed by atoms with Gasteiger partial charge in [-0.05, 0) is 55.6 Å². The molecule has 3 rings (SSSR count). The van der Waals surface area contributed by atoms with Crippen LogP contribution in [0.15, 0.2) is 18.3 Å². The molecule has 0 spiro atoms. The summed E-state index contributed by atoms with van der Waals surface area (Å²) >= 11 is 0. The Kier molecular flexibility index (Phi) is 1.98. The molecule has 0 unspecified atom stereocenters. The van der Waals surface area contributed by atoms with Gasteiger partial charge < -0.3 is 5.32 Å². The molecule has 2 aliphatic rings. The average molecular weight is 202 g/mol. The van der Waals surface area contributed by atoms with E-state index in [0.717, 1.165) is 18.3 Å². The molecule has 0 bridgehead atoms. The van der Waals surface area contributed by atoms with E-state index in [1.165, 1.54) is 31.2 Å². The molecule has 1 aromatic rings. The van der Waals surface area contributed by atoms with Gasteiger partial charge in [-0.15, -0.1) is 0 Å². The van der Waals surface area contributed by atoms with Gasteiger partial charge in [0, 0.05) is 12.7 Å². The van der Waals surface area contributed by atoms with E-state index in [1.807, 2.05) is 12.3 Å². The van der Waals surface area contributed by atoms with Gasteiger partial charge in [0.05, 0.1) is 0 Å². The minimum Gasteiger partial charge on any atom is -0.369 e.